The highest BCUT2D eigenvalue weighted by molar-refractivity contribution is 7.00. The Kier molecular flexibility index (Phi) is 9.74. The van der Waals surface area contributed by atoms with Crippen LogP contribution in [0.2, 0.25) is 0 Å². The van der Waals surface area contributed by atoms with Gasteiger partial charge in [-0.15, -0.1) is 10.2 Å². The molecule has 0 aliphatic heterocycles. The van der Waals surface area contributed by atoms with Crippen molar-refractivity contribution in [3.05, 3.63) is 24.5 Å². The molecule has 8 nitrogen and oxygen atoms in total. The second-order valence-corrected chi connectivity index (χ2v) is 9.92. The Morgan fingerprint density at radius 3 is 1.49 bits per heavy atom. The molecule has 0 spiro atoms. The summed E-state index contributed by atoms with van der Waals surface area (Å²) in [5.74, 6) is 0. The lowest BCUT2D eigenvalue weighted by Gasteiger charge is -2.02. The van der Waals surface area contributed by atoms with E-state index in [0.29, 0.717) is 0 Å². The number of nitrogens with zero attached hydrogens (tertiary/aromatic N) is 8. The van der Waals surface area contributed by atoms with Crippen LogP contribution in [0.15, 0.2) is 24.5 Å². The summed E-state index contributed by atoms with van der Waals surface area (Å²) in [5, 5.41) is 17.6. The van der Waals surface area contributed by atoms with E-state index in [9.17, 15) is 0 Å². The Labute approximate surface area is 212 Å². The fourth-order valence-corrected chi connectivity index (χ4v) is 5.02. The number of unbranched alkanes of at least 4 members (excludes halogenated alkanes) is 10. The van der Waals surface area contributed by atoms with Gasteiger partial charge in [0.25, 0.3) is 0 Å². The van der Waals surface area contributed by atoms with Gasteiger partial charge in [0.15, 0.2) is 0 Å². The number of fused-ring (bicyclic) bond motifs is 1. The molecule has 0 bridgehead atoms. The third kappa shape index (κ3) is 6.93. The first-order valence-electron chi connectivity index (χ1n) is 13.4. The topological polar surface area (TPSA) is 87.2 Å². The largest absolute Gasteiger partial charge is 0.252 e. The van der Waals surface area contributed by atoms with Crippen LogP contribution in [0.1, 0.15) is 90.9 Å². The highest BCUT2D eigenvalue weighted by Gasteiger charge is 2.17. The summed E-state index contributed by atoms with van der Waals surface area (Å²) < 4.78 is 13.1. The van der Waals surface area contributed by atoms with Crippen molar-refractivity contribution < 1.29 is 0 Å². The predicted octanol–water partition coefficient (Wildman–Crippen LogP) is 6.93. The molecule has 0 aliphatic rings. The molecular weight excluding hydrogens is 456 g/mol. The average molecular weight is 495 g/mol. The van der Waals surface area contributed by atoms with E-state index in [4.69, 9.17) is 0 Å². The van der Waals surface area contributed by atoms with Crippen molar-refractivity contribution in [2.24, 2.45) is 0 Å². The van der Waals surface area contributed by atoms with Gasteiger partial charge in [0, 0.05) is 24.2 Å². The minimum Gasteiger partial charge on any atom is -0.252 e. The van der Waals surface area contributed by atoms with Gasteiger partial charge < -0.3 is 0 Å². The van der Waals surface area contributed by atoms with Crippen molar-refractivity contribution in [2.45, 2.75) is 104 Å². The first-order valence-corrected chi connectivity index (χ1v) is 14.1. The van der Waals surface area contributed by atoms with Crippen LogP contribution >= 0.6 is 11.7 Å². The van der Waals surface area contributed by atoms with E-state index in [-0.39, 0.29) is 0 Å². The zero-order valence-electron chi connectivity index (χ0n) is 21.2. The Hall–Kier alpha value is -2.68. The number of aromatic nitrogens is 8. The van der Waals surface area contributed by atoms with Crippen molar-refractivity contribution in [1.29, 1.82) is 0 Å². The predicted molar refractivity (Wildman–Crippen MR) is 142 cm³/mol. The monoisotopic (exact) mass is 494 g/mol. The minimum absolute atomic E-state index is 0.840. The molecule has 9 heteroatoms. The number of aryl methyl sites for hydroxylation is 2. The van der Waals surface area contributed by atoms with Crippen molar-refractivity contribution in [1.82, 2.24) is 38.7 Å². The van der Waals surface area contributed by atoms with E-state index in [1.807, 2.05) is 21.8 Å². The molecule has 3 aromatic heterocycles. The molecule has 0 radical (unpaired) electrons. The Balaban J connectivity index is 1.39. The number of rotatable bonds is 16. The third-order valence-electron chi connectivity index (χ3n) is 6.53. The van der Waals surface area contributed by atoms with Gasteiger partial charge in [-0.3, -0.25) is 9.36 Å². The second-order valence-electron chi connectivity index (χ2n) is 9.39. The first-order chi connectivity index (χ1) is 17.3. The summed E-state index contributed by atoms with van der Waals surface area (Å²) in [6.07, 6.45) is 19.3. The van der Waals surface area contributed by atoms with Gasteiger partial charge in [0.2, 0.25) is 0 Å². The summed E-state index contributed by atoms with van der Waals surface area (Å²) in [7, 11) is 0. The van der Waals surface area contributed by atoms with Crippen molar-refractivity contribution in [3.63, 3.8) is 0 Å². The molecular formula is C26H38N8S. The van der Waals surface area contributed by atoms with Gasteiger partial charge in [-0.05, 0) is 25.0 Å². The van der Waals surface area contributed by atoms with Crippen LogP contribution in [0.5, 0.6) is 0 Å². The summed E-state index contributed by atoms with van der Waals surface area (Å²) in [5.41, 5.74) is 5.31. The molecule has 4 aromatic rings. The molecule has 0 N–H and O–H groups in total. The molecule has 0 atom stereocenters. The highest BCUT2D eigenvalue weighted by atomic mass is 32.1. The molecule has 0 saturated heterocycles. The van der Waals surface area contributed by atoms with Gasteiger partial charge in [-0.2, -0.15) is 8.75 Å². The lowest BCUT2D eigenvalue weighted by atomic mass is 10.0. The normalized spacial score (nSPS) is 11.6. The molecule has 0 aliphatic carbocycles. The van der Waals surface area contributed by atoms with Crippen LogP contribution in [0, 0.1) is 0 Å². The Bertz CT molecular complexity index is 1070. The Morgan fingerprint density at radius 2 is 1.03 bits per heavy atom. The van der Waals surface area contributed by atoms with Gasteiger partial charge in [-0.1, -0.05) is 88.5 Å². The second kappa shape index (κ2) is 13.4. The first kappa shape index (κ1) is 25.4. The van der Waals surface area contributed by atoms with Gasteiger partial charge >= 0.3 is 0 Å². The van der Waals surface area contributed by atoms with Crippen molar-refractivity contribution in [2.75, 3.05) is 0 Å². The maximum atomic E-state index is 4.58. The summed E-state index contributed by atoms with van der Waals surface area (Å²) in [6, 6.07) is 4.12. The molecule has 4 rings (SSSR count). The SMILES string of the molecule is CCCCCCCCn1cc(-c2ccc(-c3cn(CCCCCCCC)nn3)c3nsnc23)nn1. The fraction of sp³-hybridized carbons (Fsp3) is 0.615. The van der Waals surface area contributed by atoms with E-state index < -0.39 is 0 Å². The standard InChI is InChI=1S/C26H38N8S/c1-3-5-7-9-11-13-17-33-19-23(27-31-33)21-15-16-22(26-25(21)29-35-30-26)24-20-34(32-28-24)18-14-12-10-8-6-4-2/h15-16,19-20H,3-14,17-18H2,1-2H3. The average Bonchev–Trinajstić information content (AvgIpc) is 3.64. The number of benzene rings is 1. The quantitative estimate of drug-likeness (QED) is 0.157. The highest BCUT2D eigenvalue weighted by Crippen LogP contribution is 2.32. The molecule has 35 heavy (non-hydrogen) atoms. The number of hydrogen-bond acceptors (Lipinski definition) is 7. The van der Waals surface area contributed by atoms with Gasteiger partial charge in [0.05, 0.1) is 24.1 Å². The van der Waals surface area contributed by atoms with Crippen LogP contribution in [-0.2, 0) is 13.1 Å². The van der Waals surface area contributed by atoms with E-state index in [1.54, 1.807) is 0 Å². The minimum atomic E-state index is 0.840. The van der Waals surface area contributed by atoms with Crippen LogP contribution in [0.3, 0.4) is 0 Å². The molecule has 0 saturated carbocycles. The van der Waals surface area contributed by atoms with Gasteiger partial charge in [-0.25, -0.2) is 0 Å². The zero-order chi connectivity index (χ0) is 24.3. The molecule has 1 aromatic carbocycles. The molecule has 0 amide bonds. The summed E-state index contributed by atoms with van der Waals surface area (Å²) in [6.45, 7) is 6.30. The summed E-state index contributed by atoms with van der Waals surface area (Å²) >= 11 is 1.22. The number of hydrogen-bond donors (Lipinski definition) is 0. The van der Waals surface area contributed by atoms with Crippen LogP contribution in [0.4, 0.5) is 0 Å². The van der Waals surface area contributed by atoms with Crippen LogP contribution in [0.25, 0.3) is 33.5 Å². The molecule has 0 unspecified atom stereocenters. The summed E-state index contributed by atoms with van der Waals surface area (Å²) in [4.78, 5) is 0. The zero-order valence-corrected chi connectivity index (χ0v) is 22.0. The lowest BCUT2D eigenvalue weighted by molar-refractivity contribution is 0.516. The molecule has 3 heterocycles. The van der Waals surface area contributed by atoms with Gasteiger partial charge in [0.1, 0.15) is 22.4 Å². The van der Waals surface area contributed by atoms with E-state index in [1.165, 1.54) is 75.9 Å². The maximum Gasteiger partial charge on any atom is 0.115 e. The molecule has 0 fully saturated rings. The molecule has 188 valence electrons. The maximum absolute atomic E-state index is 4.58. The van der Waals surface area contributed by atoms with Crippen LogP contribution < -0.4 is 0 Å². The van der Waals surface area contributed by atoms with E-state index in [0.717, 1.165) is 59.5 Å². The van der Waals surface area contributed by atoms with E-state index in [2.05, 4.69) is 55.4 Å². The third-order valence-corrected chi connectivity index (χ3v) is 7.05. The van der Waals surface area contributed by atoms with Crippen molar-refractivity contribution >= 4 is 22.8 Å². The fourth-order valence-electron chi connectivity index (χ4n) is 4.45. The smallest absolute Gasteiger partial charge is 0.115 e. The van der Waals surface area contributed by atoms with Crippen LogP contribution in [-0.4, -0.2) is 38.7 Å². The Morgan fingerprint density at radius 1 is 0.600 bits per heavy atom. The van der Waals surface area contributed by atoms with Crippen molar-refractivity contribution in [3.8, 4) is 22.5 Å². The van der Waals surface area contributed by atoms with E-state index >= 15 is 0 Å². The lowest BCUT2D eigenvalue weighted by Crippen LogP contribution is -1.98.